The van der Waals surface area contributed by atoms with E-state index in [1.807, 2.05) is 0 Å². The molecule has 0 aromatic carbocycles. The molecule has 1 saturated heterocycles. The molecule has 1 aromatic rings. The maximum absolute atomic E-state index is 11.1. The number of carbonyl (C=O) groups excluding carboxylic acids is 1. The Hall–Kier alpha value is -1.83. The van der Waals surface area contributed by atoms with Crippen LogP contribution in [0.3, 0.4) is 0 Å². The largest absolute Gasteiger partial charge is 0.353 e. The van der Waals surface area contributed by atoms with Crippen LogP contribution in [-0.4, -0.2) is 57.1 Å². The lowest BCUT2D eigenvalue weighted by Gasteiger charge is -2.33. The first kappa shape index (κ1) is 13.6. The van der Waals surface area contributed by atoms with Gasteiger partial charge < -0.3 is 9.80 Å². The molecule has 0 bridgehead atoms. The van der Waals surface area contributed by atoms with Crippen LogP contribution in [0.25, 0.3) is 0 Å². The number of anilines is 2. The molecular formula is C11H16N4O3S. The minimum Gasteiger partial charge on any atom is -0.353 e. The van der Waals surface area contributed by atoms with Crippen LogP contribution in [0, 0.1) is 0 Å². The summed E-state index contributed by atoms with van der Waals surface area (Å²) < 4.78 is 24.5. The zero-order valence-electron chi connectivity index (χ0n) is 10.6. The second-order valence-corrected chi connectivity index (χ2v) is 6.16. The molecule has 2 rings (SSSR count). The molecule has 1 N–H and O–H groups in total. The minimum atomic E-state index is -3.27. The van der Waals surface area contributed by atoms with Crippen LogP contribution in [0.2, 0.25) is 0 Å². The number of nitrogens with one attached hydrogen (secondary N) is 1. The number of rotatable bonds is 4. The molecule has 1 aliphatic rings. The quantitative estimate of drug-likeness (QED) is 0.770. The van der Waals surface area contributed by atoms with Crippen molar-refractivity contribution < 1.29 is 13.2 Å². The standard InChI is InChI=1S/C11H16N4O3S/c1-19(17,18)13-10-2-3-11(12-8-10)15-6-4-14(9-16)5-7-15/h2-3,8-9,13H,4-7H2,1H3. The molecule has 2 heterocycles. The van der Waals surface area contributed by atoms with E-state index >= 15 is 0 Å². The molecule has 104 valence electrons. The molecule has 1 aromatic heterocycles. The average Bonchev–Trinajstić information content (AvgIpc) is 2.38. The average molecular weight is 284 g/mol. The third kappa shape index (κ3) is 3.82. The third-order valence-electron chi connectivity index (χ3n) is 2.84. The molecule has 1 aliphatic heterocycles. The molecule has 1 fully saturated rings. The number of hydrogen-bond donors (Lipinski definition) is 1. The van der Waals surface area contributed by atoms with Crippen LogP contribution < -0.4 is 9.62 Å². The summed E-state index contributed by atoms with van der Waals surface area (Å²) in [7, 11) is -3.27. The van der Waals surface area contributed by atoms with Crippen molar-refractivity contribution in [3.8, 4) is 0 Å². The summed E-state index contributed by atoms with van der Waals surface area (Å²) >= 11 is 0. The van der Waals surface area contributed by atoms with Gasteiger partial charge in [-0.2, -0.15) is 0 Å². The lowest BCUT2D eigenvalue weighted by molar-refractivity contribution is -0.118. The number of carbonyl (C=O) groups is 1. The number of amides is 1. The van der Waals surface area contributed by atoms with E-state index < -0.39 is 10.0 Å². The highest BCUT2D eigenvalue weighted by Gasteiger charge is 2.16. The number of sulfonamides is 1. The van der Waals surface area contributed by atoms with E-state index in [4.69, 9.17) is 0 Å². The SMILES string of the molecule is CS(=O)(=O)Nc1ccc(N2CCN(C=O)CC2)nc1. The van der Waals surface area contributed by atoms with Gasteiger partial charge in [-0.25, -0.2) is 13.4 Å². The number of hydrogen-bond acceptors (Lipinski definition) is 5. The van der Waals surface area contributed by atoms with Crippen molar-refractivity contribution in [3.05, 3.63) is 18.3 Å². The van der Waals surface area contributed by atoms with Crippen molar-refractivity contribution in [1.82, 2.24) is 9.88 Å². The first-order chi connectivity index (χ1) is 8.98. The van der Waals surface area contributed by atoms with E-state index in [-0.39, 0.29) is 0 Å². The van der Waals surface area contributed by atoms with Crippen molar-refractivity contribution in [2.24, 2.45) is 0 Å². The Labute approximate surface area is 112 Å². The Kier molecular flexibility index (Phi) is 3.89. The van der Waals surface area contributed by atoms with Crippen LogP contribution in [0.1, 0.15) is 0 Å². The van der Waals surface area contributed by atoms with Crippen molar-refractivity contribution in [3.63, 3.8) is 0 Å². The molecule has 1 amide bonds. The summed E-state index contributed by atoms with van der Waals surface area (Å²) in [6.45, 7) is 2.80. The smallest absolute Gasteiger partial charge is 0.229 e. The summed E-state index contributed by atoms with van der Waals surface area (Å²) in [6.07, 6.45) is 3.44. The van der Waals surface area contributed by atoms with Gasteiger partial charge in [0, 0.05) is 26.2 Å². The van der Waals surface area contributed by atoms with Crippen LogP contribution in [0.15, 0.2) is 18.3 Å². The highest BCUT2D eigenvalue weighted by Crippen LogP contribution is 2.16. The highest BCUT2D eigenvalue weighted by molar-refractivity contribution is 7.92. The molecule has 0 unspecified atom stereocenters. The number of aromatic nitrogens is 1. The van der Waals surface area contributed by atoms with Gasteiger partial charge in [-0.05, 0) is 12.1 Å². The first-order valence-corrected chi connectivity index (χ1v) is 7.75. The predicted octanol–water partition coefficient (Wildman–Crippen LogP) is -0.268. The van der Waals surface area contributed by atoms with E-state index in [2.05, 4.69) is 14.6 Å². The molecule has 0 atom stereocenters. The predicted molar refractivity (Wildman–Crippen MR) is 72.6 cm³/mol. The number of pyridine rings is 1. The fourth-order valence-electron chi connectivity index (χ4n) is 1.90. The minimum absolute atomic E-state index is 0.442. The van der Waals surface area contributed by atoms with E-state index in [0.717, 1.165) is 31.6 Å². The maximum atomic E-state index is 11.1. The summed E-state index contributed by atoms with van der Waals surface area (Å²) in [5, 5.41) is 0. The van der Waals surface area contributed by atoms with Gasteiger partial charge in [-0.3, -0.25) is 9.52 Å². The third-order valence-corrected chi connectivity index (χ3v) is 3.44. The van der Waals surface area contributed by atoms with Gasteiger partial charge in [0.1, 0.15) is 5.82 Å². The molecule has 0 aliphatic carbocycles. The van der Waals surface area contributed by atoms with E-state index in [1.54, 1.807) is 17.0 Å². The van der Waals surface area contributed by atoms with Gasteiger partial charge in [0.25, 0.3) is 0 Å². The van der Waals surface area contributed by atoms with Gasteiger partial charge in [0.05, 0.1) is 18.1 Å². The van der Waals surface area contributed by atoms with Crippen LogP contribution >= 0.6 is 0 Å². The number of nitrogens with zero attached hydrogens (tertiary/aromatic N) is 3. The zero-order chi connectivity index (χ0) is 13.9. The Bertz CT molecular complexity index is 536. The fraction of sp³-hybridized carbons (Fsp3) is 0.455. The van der Waals surface area contributed by atoms with Gasteiger partial charge >= 0.3 is 0 Å². The second kappa shape index (κ2) is 5.43. The normalized spacial score (nSPS) is 16.3. The van der Waals surface area contributed by atoms with E-state index in [0.29, 0.717) is 18.8 Å². The summed E-state index contributed by atoms with van der Waals surface area (Å²) in [5.74, 6) is 0.782. The molecule has 0 radical (unpaired) electrons. The fourth-order valence-corrected chi connectivity index (χ4v) is 2.45. The van der Waals surface area contributed by atoms with Gasteiger partial charge in [0.15, 0.2) is 0 Å². The van der Waals surface area contributed by atoms with Crippen LogP contribution in [0.5, 0.6) is 0 Å². The zero-order valence-corrected chi connectivity index (χ0v) is 11.4. The Morgan fingerprint density at radius 1 is 1.26 bits per heavy atom. The van der Waals surface area contributed by atoms with Crippen molar-refractivity contribution in [1.29, 1.82) is 0 Å². The summed E-state index contributed by atoms with van der Waals surface area (Å²) in [5.41, 5.74) is 0.442. The van der Waals surface area contributed by atoms with Gasteiger partial charge in [-0.1, -0.05) is 0 Å². The highest BCUT2D eigenvalue weighted by atomic mass is 32.2. The second-order valence-electron chi connectivity index (χ2n) is 4.41. The van der Waals surface area contributed by atoms with Gasteiger partial charge in [-0.15, -0.1) is 0 Å². The molecule has 0 saturated carbocycles. The maximum Gasteiger partial charge on any atom is 0.229 e. The van der Waals surface area contributed by atoms with Crippen LogP contribution in [0.4, 0.5) is 11.5 Å². The van der Waals surface area contributed by atoms with E-state index in [1.165, 1.54) is 6.20 Å². The Balaban J connectivity index is 2.01. The van der Waals surface area contributed by atoms with Crippen molar-refractivity contribution >= 4 is 27.9 Å². The topological polar surface area (TPSA) is 82.6 Å². The monoisotopic (exact) mass is 284 g/mol. The summed E-state index contributed by atoms with van der Waals surface area (Å²) in [6, 6.07) is 3.44. The van der Waals surface area contributed by atoms with Crippen molar-refractivity contribution in [2.45, 2.75) is 0 Å². The van der Waals surface area contributed by atoms with E-state index in [9.17, 15) is 13.2 Å². The van der Waals surface area contributed by atoms with Gasteiger partial charge in [0.2, 0.25) is 16.4 Å². The van der Waals surface area contributed by atoms with Crippen molar-refractivity contribution in [2.75, 3.05) is 42.1 Å². The Morgan fingerprint density at radius 3 is 2.42 bits per heavy atom. The molecule has 0 spiro atoms. The lowest BCUT2D eigenvalue weighted by atomic mass is 10.3. The molecular weight excluding hydrogens is 268 g/mol. The first-order valence-electron chi connectivity index (χ1n) is 5.86. The molecule has 19 heavy (non-hydrogen) atoms. The number of piperazine rings is 1. The summed E-state index contributed by atoms with van der Waals surface area (Å²) in [4.78, 5) is 18.6. The Morgan fingerprint density at radius 2 is 1.95 bits per heavy atom. The molecule has 7 nitrogen and oxygen atoms in total. The molecule has 8 heteroatoms. The van der Waals surface area contributed by atoms with Crippen LogP contribution in [-0.2, 0) is 14.8 Å². The lowest BCUT2D eigenvalue weighted by Crippen LogP contribution is -2.46.